The highest BCUT2D eigenvalue weighted by molar-refractivity contribution is 5.92. The van der Waals surface area contributed by atoms with Crippen LogP contribution in [0.3, 0.4) is 0 Å². The van der Waals surface area contributed by atoms with E-state index < -0.39 is 6.04 Å². The summed E-state index contributed by atoms with van der Waals surface area (Å²) in [4.78, 5) is 27.2. The number of carbonyl (C=O) groups excluding carboxylic acids is 2. The molecule has 0 unspecified atom stereocenters. The number of hydrogen-bond donors (Lipinski definition) is 1. The third-order valence-electron chi connectivity index (χ3n) is 5.40. The molecular weight excluding hydrogens is 316 g/mol. The van der Waals surface area contributed by atoms with Gasteiger partial charge in [-0.3, -0.25) is 9.59 Å². The summed E-state index contributed by atoms with van der Waals surface area (Å²) in [5.41, 5.74) is 1.90. The Labute approximate surface area is 149 Å². The number of amides is 2. The van der Waals surface area contributed by atoms with Crippen LogP contribution in [0.15, 0.2) is 24.3 Å². The van der Waals surface area contributed by atoms with Crippen molar-refractivity contribution in [2.75, 3.05) is 26.8 Å². The first kappa shape index (κ1) is 17.9. The minimum Gasteiger partial charge on any atom is -0.383 e. The highest BCUT2D eigenvalue weighted by atomic mass is 16.5. The van der Waals surface area contributed by atoms with Crippen LogP contribution >= 0.6 is 0 Å². The van der Waals surface area contributed by atoms with Crippen LogP contribution in [-0.4, -0.2) is 43.5 Å². The number of rotatable bonds is 6. The summed E-state index contributed by atoms with van der Waals surface area (Å²) in [6.07, 6.45) is 6.55. The second-order valence-corrected chi connectivity index (χ2v) is 7.11. The van der Waals surface area contributed by atoms with Crippen molar-refractivity contribution in [3.05, 3.63) is 35.4 Å². The molecule has 0 radical (unpaired) electrons. The highest BCUT2D eigenvalue weighted by Gasteiger charge is 2.36. The molecule has 0 saturated heterocycles. The van der Waals surface area contributed by atoms with Crippen molar-refractivity contribution in [2.24, 2.45) is 5.92 Å². The number of ether oxygens (including phenoxy) is 1. The van der Waals surface area contributed by atoms with E-state index in [1.165, 1.54) is 32.1 Å². The number of methoxy groups -OCH3 is 1. The molecule has 1 N–H and O–H groups in total. The van der Waals surface area contributed by atoms with E-state index in [2.05, 4.69) is 5.32 Å². The number of fused-ring (bicyclic) bond motifs is 1. The molecule has 25 heavy (non-hydrogen) atoms. The van der Waals surface area contributed by atoms with Crippen LogP contribution in [-0.2, 0) is 20.7 Å². The van der Waals surface area contributed by atoms with Crippen LogP contribution in [0.25, 0.3) is 0 Å². The van der Waals surface area contributed by atoms with Gasteiger partial charge in [0.1, 0.15) is 6.04 Å². The zero-order chi connectivity index (χ0) is 17.6. The smallest absolute Gasteiger partial charge is 0.247 e. The Balaban J connectivity index is 1.75. The molecular formula is C20H28N2O3. The molecule has 136 valence electrons. The molecule has 0 aromatic heterocycles. The minimum absolute atomic E-state index is 0.00596. The lowest BCUT2D eigenvalue weighted by molar-refractivity contribution is -0.142. The second-order valence-electron chi connectivity index (χ2n) is 7.11. The van der Waals surface area contributed by atoms with Gasteiger partial charge in [-0.15, -0.1) is 0 Å². The van der Waals surface area contributed by atoms with Crippen LogP contribution in [0.5, 0.6) is 0 Å². The molecule has 0 bridgehead atoms. The standard InChI is InChI=1S/C20H28N2O3/c1-25-12-11-22-18(23)13-16-9-5-6-10-17(16)19(22)20(24)21-14-15-7-3-2-4-8-15/h5-6,9-10,15,19H,2-4,7-8,11-14H2,1H3,(H,21,24)/t19-/m0/s1. The fourth-order valence-electron chi connectivity index (χ4n) is 4.00. The molecule has 1 heterocycles. The fraction of sp³-hybridized carbons (Fsp3) is 0.600. The van der Waals surface area contributed by atoms with Crippen molar-refractivity contribution in [3.8, 4) is 0 Å². The topological polar surface area (TPSA) is 58.6 Å². The molecule has 1 atom stereocenters. The Morgan fingerprint density at radius 2 is 2.00 bits per heavy atom. The Morgan fingerprint density at radius 1 is 1.24 bits per heavy atom. The van der Waals surface area contributed by atoms with Crippen LogP contribution < -0.4 is 5.32 Å². The number of nitrogens with one attached hydrogen (secondary N) is 1. The maximum absolute atomic E-state index is 13.0. The average Bonchev–Trinajstić information content (AvgIpc) is 2.65. The zero-order valence-corrected chi connectivity index (χ0v) is 15.0. The molecule has 0 spiro atoms. The molecule has 1 aromatic rings. The van der Waals surface area contributed by atoms with Crippen molar-refractivity contribution in [2.45, 2.75) is 44.6 Å². The SMILES string of the molecule is COCCN1C(=O)Cc2ccccc2[C@H]1C(=O)NCC1CCCCC1. The molecule has 1 aliphatic carbocycles. The molecule has 5 heteroatoms. The lowest BCUT2D eigenvalue weighted by Gasteiger charge is -2.36. The predicted octanol–water partition coefficient (Wildman–Crippen LogP) is 2.46. The van der Waals surface area contributed by atoms with Gasteiger partial charge in [-0.1, -0.05) is 43.5 Å². The Morgan fingerprint density at radius 3 is 2.76 bits per heavy atom. The van der Waals surface area contributed by atoms with Gasteiger partial charge >= 0.3 is 0 Å². The van der Waals surface area contributed by atoms with E-state index in [0.717, 1.165) is 11.1 Å². The number of nitrogens with zero attached hydrogens (tertiary/aromatic N) is 1. The first-order valence-corrected chi connectivity index (χ1v) is 9.34. The van der Waals surface area contributed by atoms with Gasteiger partial charge in [-0.2, -0.15) is 0 Å². The van der Waals surface area contributed by atoms with Crippen LogP contribution in [0.2, 0.25) is 0 Å². The molecule has 1 aliphatic heterocycles. The van der Waals surface area contributed by atoms with E-state index in [4.69, 9.17) is 4.74 Å². The Kier molecular flexibility index (Phi) is 6.08. The summed E-state index contributed by atoms with van der Waals surface area (Å²) in [6.45, 7) is 1.58. The van der Waals surface area contributed by atoms with Gasteiger partial charge in [0.15, 0.2) is 0 Å². The van der Waals surface area contributed by atoms with E-state index in [0.29, 0.717) is 32.0 Å². The lowest BCUT2D eigenvalue weighted by atomic mass is 9.88. The Bertz CT molecular complexity index is 611. The molecule has 1 fully saturated rings. The van der Waals surface area contributed by atoms with Crippen molar-refractivity contribution in [1.29, 1.82) is 0 Å². The Hall–Kier alpha value is -1.88. The van der Waals surface area contributed by atoms with Gasteiger partial charge in [-0.25, -0.2) is 0 Å². The quantitative estimate of drug-likeness (QED) is 0.862. The van der Waals surface area contributed by atoms with Crippen molar-refractivity contribution in [1.82, 2.24) is 10.2 Å². The molecule has 2 aliphatic rings. The van der Waals surface area contributed by atoms with Gasteiger partial charge in [0, 0.05) is 20.2 Å². The van der Waals surface area contributed by atoms with E-state index in [-0.39, 0.29) is 11.8 Å². The minimum atomic E-state index is -0.545. The van der Waals surface area contributed by atoms with Gasteiger partial charge < -0.3 is 15.0 Å². The van der Waals surface area contributed by atoms with E-state index in [1.807, 2.05) is 24.3 Å². The van der Waals surface area contributed by atoms with Gasteiger partial charge in [0.25, 0.3) is 0 Å². The summed E-state index contributed by atoms with van der Waals surface area (Å²) < 4.78 is 5.14. The highest BCUT2D eigenvalue weighted by Crippen LogP contribution is 2.31. The first-order valence-electron chi connectivity index (χ1n) is 9.34. The third-order valence-corrected chi connectivity index (χ3v) is 5.40. The predicted molar refractivity (Wildman–Crippen MR) is 96.1 cm³/mol. The maximum atomic E-state index is 13.0. The average molecular weight is 344 g/mol. The van der Waals surface area contributed by atoms with Crippen molar-refractivity contribution in [3.63, 3.8) is 0 Å². The van der Waals surface area contributed by atoms with Gasteiger partial charge in [-0.05, 0) is 29.9 Å². The summed E-state index contributed by atoms with van der Waals surface area (Å²) in [7, 11) is 1.61. The van der Waals surface area contributed by atoms with E-state index in [9.17, 15) is 9.59 Å². The molecule has 1 aromatic carbocycles. The van der Waals surface area contributed by atoms with E-state index in [1.54, 1.807) is 12.0 Å². The van der Waals surface area contributed by atoms with E-state index >= 15 is 0 Å². The summed E-state index contributed by atoms with van der Waals surface area (Å²) >= 11 is 0. The van der Waals surface area contributed by atoms with Gasteiger partial charge in [0.2, 0.25) is 11.8 Å². The number of hydrogen-bond acceptors (Lipinski definition) is 3. The summed E-state index contributed by atoms with van der Waals surface area (Å²) in [5.74, 6) is 0.496. The fourth-order valence-corrected chi connectivity index (χ4v) is 4.00. The normalized spacial score (nSPS) is 21.1. The molecule has 5 nitrogen and oxygen atoms in total. The van der Waals surface area contributed by atoms with Gasteiger partial charge in [0.05, 0.1) is 13.0 Å². The summed E-state index contributed by atoms with van der Waals surface area (Å²) in [6, 6.07) is 7.23. The van der Waals surface area contributed by atoms with Crippen molar-refractivity contribution < 1.29 is 14.3 Å². The third kappa shape index (κ3) is 4.21. The molecule has 3 rings (SSSR count). The number of carbonyl (C=O) groups is 2. The number of benzene rings is 1. The molecule has 2 amide bonds. The monoisotopic (exact) mass is 344 g/mol. The lowest BCUT2D eigenvalue weighted by Crippen LogP contribution is -2.49. The van der Waals surface area contributed by atoms with Crippen LogP contribution in [0.4, 0.5) is 0 Å². The maximum Gasteiger partial charge on any atom is 0.247 e. The first-order chi connectivity index (χ1) is 12.2. The molecule has 1 saturated carbocycles. The van der Waals surface area contributed by atoms with Crippen LogP contribution in [0.1, 0.15) is 49.3 Å². The van der Waals surface area contributed by atoms with Crippen LogP contribution in [0, 0.1) is 5.92 Å². The zero-order valence-electron chi connectivity index (χ0n) is 15.0. The van der Waals surface area contributed by atoms with Crippen molar-refractivity contribution >= 4 is 11.8 Å². The summed E-state index contributed by atoms with van der Waals surface area (Å²) in [5, 5.41) is 3.12. The second kappa shape index (κ2) is 8.48. The largest absolute Gasteiger partial charge is 0.383 e.